The number of carbonyl (C=O) groups excluding carboxylic acids is 2. The Kier molecular flexibility index (Phi) is 6.51. The van der Waals surface area contributed by atoms with Gasteiger partial charge in [-0.3, -0.25) is 4.79 Å². The summed E-state index contributed by atoms with van der Waals surface area (Å²) < 4.78 is 50.2. The highest BCUT2D eigenvalue weighted by Gasteiger charge is 2.61. The molecule has 2 N–H and O–H groups in total. The summed E-state index contributed by atoms with van der Waals surface area (Å²) in [6, 6.07) is 10.8. The molecular weight excluding hydrogens is 509 g/mol. The second-order valence-corrected chi connectivity index (χ2v) is 12.8. The molecule has 0 spiro atoms. The van der Waals surface area contributed by atoms with Crippen LogP contribution in [0, 0.1) is 17.3 Å². The minimum atomic E-state index is -3.86. The van der Waals surface area contributed by atoms with Crippen LogP contribution in [-0.4, -0.2) is 32.6 Å². The highest BCUT2D eigenvalue weighted by Crippen LogP contribution is 2.64. The highest BCUT2D eigenvalue weighted by molar-refractivity contribution is 7.89. The van der Waals surface area contributed by atoms with Crippen molar-refractivity contribution in [3.8, 4) is 5.75 Å². The Morgan fingerprint density at radius 3 is 2.50 bits per heavy atom. The van der Waals surface area contributed by atoms with Crippen molar-refractivity contribution in [2.24, 2.45) is 22.4 Å². The molecule has 202 valence electrons. The fourth-order valence-corrected chi connectivity index (χ4v) is 7.81. The lowest BCUT2D eigenvalue weighted by Gasteiger charge is -2.56. The zero-order valence-electron chi connectivity index (χ0n) is 21.5. The molecule has 3 aliphatic carbocycles. The summed E-state index contributed by atoms with van der Waals surface area (Å²) in [6.07, 6.45) is 3.33. The highest BCUT2D eigenvalue weighted by atomic mass is 32.2. The fourth-order valence-electron chi connectivity index (χ4n) is 7.29. The first-order chi connectivity index (χ1) is 17.9. The van der Waals surface area contributed by atoms with Gasteiger partial charge in [0.15, 0.2) is 0 Å². The number of primary sulfonamides is 1. The van der Waals surface area contributed by atoms with Crippen molar-refractivity contribution >= 4 is 22.0 Å². The van der Waals surface area contributed by atoms with Gasteiger partial charge in [-0.15, -0.1) is 6.58 Å². The number of hydrogen-bond acceptors (Lipinski definition) is 6. The molecule has 0 aromatic heterocycles. The lowest BCUT2D eigenvalue weighted by Crippen LogP contribution is -2.54. The zero-order chi connectivity index (χ0) is 27.5. The number of ether oxygens (including phenoxy) is 2. The molecule has 0 heterocycles. The number of alkyl halides is 1. The van der Waals surface area contributed by atoms with Crippen molar-refractivity contribution < 1.29 is 31.9 Å². The Morgan fingerprint density at radius 2 is 1.87 bits per heavy atom. The first kappa shape index (κ1) is 26.6. The summed E-state index contributed by atoms with van der Waals surface area (Å²) in [5, 5.41) is 5.14. The summed E-state index contributed by atoms with van der Waals surface area (Å²) in [5.74, 6) is -0.894. The second kappa shape index (κ2) is 9.31. The molecule has 6 atom stereocenters. The number of rotatable bonds is 5. The average Bonchev–Trinajstić information content (AvgIpc) is 3.18. The molecule has 0 radical (unpaired) electrons. The summed E-state index contributed by atoms with van der Waals surface area (Å²) in [7, 11) is -3.86. The zero-order valence-corrected chi connectivity index (χ0v) is 22.3. The predicted molar refractivity (Wildman–Crippen MR) is 139 cm³/mol. The van der Waals surface area contributed by atoms with E-state index in [4.69, 9.17) is 14.6 Å². The van der Waals surface area contributed by atoms with Crippen molar-refractivity contribution in [2.75, 3.05) is 0 Å². The van der Waals surface area contributed by atoms with Crippen LogP contribution in [0.2, 0.25) is 0 Å². The maximum Gasteiger partial charge on any atom is 0.338 e. The number of benzene rings is 2. The van der Waals surface area contributed by atoms with Gasteiger partial charge in [0, 0.05) is 24.7 Å². The van der Waals surface area contributed by atoms with Gasteiger partial charge < -0.3 is 9.47 Å². The van der Waals surface area contributed by atoms with Crippen molar-refractivity contribution in [3.05, 3.63) is 71.8 Å². The van der Waals surface area contributed by atoms with E-state index in [1.807, 2.05) is 12.1 Å². The Morgan fingerprint density at radius 1 is 1.16 bits per heavy atom. The third kappa shape index (κ3) is 4.45. The molecule has 0 amide bonds. The predicted octanol–water partition coefficient (Wildman–Crippen LogP) is 4.63. The Hall–Kier alpha value is -3.04. The molecule has 3 aliphatic rings. The summed E-state index contributed by atoms with van der Waals surface area (Å²) in [4.78, 5) is 24.2. The number of carbonyl (C=O) groups is 2. The molecule has 5 rings (SSSR count). The van der Waals surface area contributed by atoms with Crippen molar-refractivity contribution in [3.63, 3.8) is 0 Å². The summed E-state index contributed by atoms with van der Waals surface area (Å²) in [5.41, 5.74) is 1.34. The van der Waals surface area contributed by atoms with E-state index in [-0.39, 0.29) is 40.2 Å². The molecule has 0 saturated heterocycles. The van der Waals surface area contributed by atoms with E-state index in [1.54, 1.807) is 12.1 Å². The minimum Gasteiger partial charge on any atom is -0.459 e. The van der Waals surface area contributed by atoms with Gasteiger partial charge in [0.25, 0.3) is 0 Å². The Labute approximate surface area is 222 Å². The summed E-state index contributed by atoms with van der Waals surface area (Å²) >= 11 is 0. The quantitative estimate of drug-likeness (QED) is 0.336. The number of esters is 2. The van der Waals surface area contributed by atoms with Crippen molar-refractivity contribution in [1.29, 1.82) is 0 Å². The van der Waals surface area contributed by atoms with Gasteiger partial charge in [0.1, 0.15) is 18.0 Å². The van der Waals surface area contributed by atoms with Gasteiger partial charge in [-0.1, -0.05) is 19.1 Å². The van der Waals surface area contributed by atoms with Crippen LogP contribution in [0.4, 0.5) is 4.39 Å². The fraction of sp³-hybridized carbons (Fsp3) is 0.448. The third-order valence-corrected chi connectivity index (χ3v) is 9.87. The maximum absolute atomic E-state index is 16.1. The van der Waals surface area contributed by atoms with Crippen LogP contribution in [0.15, 0.2) is 60.0 Å². The molecule has 38 heavy (non-hydrogen) atoms. The molecule has 7 nitrogen and oxygen atoms in total. The van der Waals surface area contributed by atoms with Crippen LogP contribution < -0.4 is 9.88 Å². The van der Waals surface area contributed by atoms with Crippen molar-refractivity contribution in [2.45, 2.75) is 68.5 Å². The van der Waals surface area contributed by atoms with E-state index in [9.17, 15) is 18.0 Å². The van der Waals surface area contributed by atoms with Gasteiger partial charge in [-0.05, 0) is 84.5 Å². The molecule has 2 saturated carbocycles. The van der Waals surface area contributed by atoms with E-state index >= 15 is 4.39 Å². The smallest absolute Gasteiger partial charge is 0.338 e. The maximum atomic E-state index is 16.1. The van der Waals surface area contributed by atoms with Gasteiger partial charge in [0.05, 0.1) is 10.5 Å². The van der Waals surface area contributed by atoms with E-state index in [0.29, 0.717) is 18.6 Å². The monoisotopic (exact) mass is 541 g/mol. The van der Waals surface area contributed by atoms with Crippen LogP contribution in [-0.2, 0) is 31.4 Å². The normalized spacial score (nSPS) is 31.9. The molecule has 0 aliphatic heterocycles. The second-order valence-electron chi connectivity index (χ2n) is 11.2. The molecule has 2 aromatic rings. The number of allylic oxidation sites excluding steroid dienone is 1. The molecule has 2 fully saturated rings. The Balaban J connectivity index is 1.39. The first-order valence-electron chi connectivity index (χ1n) is 12.8. The van der Waals surface area contributed by atoms with E-state index in [2.05, 4.69) is 13.5 Å². The molecule has 9 heteroatoms. The molecular formula is C29H32FNO6S. The minimum absolute atomic E-state index is 0.0203. The number of nitrogens with two attached hydrogens (primary N) is 1. The van der Waals surface area contributed by atoms with Gasteiger partial charge in [-0.2, -0.15) is 0 Å². The number of halogens is 1. The standard InChI is InChI=1S/C29H32FNO6S/c1-4-29-12-11-28(3)16-21(37-27(33)18-5-8-22(9-6-18)38(31,34)35)15-24(28)26(29)25(30)14-19-13-20(36-17(2)32)7-10-23(19)29/h4-10,13,21,24-26H,1,11-12,14-16H2,2-3H3,(H2,31,34,35)/t21-,24?,25-,26?,28-,29-/m1/s1. The molecule has 2 aromatic carbocycles. The molecule has 0 bridgehead atoms. The van der Waals surface area contributed by atoms with Crippen LogP contribution in [0.1, 0.15) is 61.0 Å². The number of fused-ring (bicyclic) bond motifs is 5. The van der Waals surface area contributed by atoms with Crippen LogP contribution in [0.25, 0.3) is 0 Å². The largest absolute Gasteiger partial charge is 0.459 e. The van der Waals surface area contributed by atoms with Gasteiger partial charge in [-0.25, -0.2) is 22.7 Å². The van der Waals surface area contributed by atoms with Crippen LogP contribution in [0.3, 0.4) is 0 Å². The lowest BCUT2D eigenvalue weighted by atomic mass is 9.48. The van der Waals surface area contributed by atoms with Gasteiger partial charge >= 0.3 is 11.9 Å². The van der Waals surface area contributed by atoms with E-state index in [0.717, 1.165) is 24.0 Å². The van der Waals surface area contributed by atoms with Crippen LogP contribution in [0.5, 0.6) is 5.75 Å². The summed E-state index contributed by atoms with van der Waals surface area (Å²) in [6.45, 7) is 7.64. The topological polar surface area (TPSA) is 113 Å². The van der Waals surface area contributed by atoms with Gasteiger partial charge in [0.2, 0.25) is 10.0 Å². The Bertz CT molecular complexity index is 1410. The van der Waals surface area contributed by atoms with Crippen molar-refractivity contribution in [1.82, 2.24) is 0 Å². The number of hydrogen-bond donors (Lipinski definition) is 1. The first-order valence-corrected chi connectivity index (χ1v) is 14.3. The van der Waals surface area contributed by atoms with Crippen LogP contribution >= 0.6 is 0 Å². The third-order valence-electron chi connectivity index (χ3n) is 8.94. The molecule has 2 unspecified atom stereocenters. The SMILES string of the molecule is C=C[C@]12CC[C@]3(C)C[C@H](OC(=O)c4ccc(S(N)(=O)=O)cc4)CC3C1[C@H](F)Cc1cc(OC(C)=O)ccc12. The average molecular weight is 542 g/mol. The van der Waals surface area contributed by atoms with E-state index in [1.165, 1.54) is 31.2 Å². The van der Waals surface area contributed by atoms with E-state index < -0.39 is 33.5 Å². The number of sulfonamides is 1. The lowest BCUT2D eigenvalue weighted by molar-refractivity contribution is -0.131.